The number of hydrogen-bond donors (Lipinski definition) is 3. The molecule has 0 unspecified atom stereocenters. The van der Waals surface area contributed by atoms with Crippen molar-refractivity contribution in [2.45, 2.75) is 33.6 Å². The van der Waals surface area contributed by atoms with E-state index in [9.17, 15) is 9.59 Å². The maximum absolute atomic E-state index is 12.1. The van der Waals surface area contributed by atoms with Gasteiger partial charge in [0.2, 0.25) is 11.8 Å². The molecule has 1 aromatic carbocycles. The number of pyridine rings is 1. The molecule has 0 atom stereocenters. The monoisotopic (exact) mass is 354 g/mol. The lowest BCUT2D eigenvalue weighted by molar-refractivity contribution is -0.124. The van der Waals surface area contributed by atoms with Crippen LogP contribution in [0.15, 0.2) is 36.7 Å². The predicted octanol–water partition coefficient (Wildman–Crippen LogP) is 2.95. The fourth-order valence-electron chi connectivity index (χ4n) is 2.77. The maximum Gasteiger partial charge on any atom is 0.224 e. The number of anilines is 2. The predicted molar refractivity (Wildman–Crippen MR) is 104 cm³/mol. The summed E-state index contributed by atoms with van der Waals surface area (Å²) in [5, 5.41) is 8.87. The molecule has 0 aliphatic rings. The SMILES string of the molecule is Cc1cc(C)c(NC(=O)CCC(=O)NCCNc2cccnc2)c(C)c1. The zero-order chi connectivity index (χ0) is 18.9. The Morgan fingerprint density at radius 3 is 2.35 bits per heavy atom. The minimum absolute atomic E-state index is 0.134. The molecule has 2 amide bonds. The smallest absolute Gasteiger partial charge is 0.224 e. The highest BCUT2D eigenvalue weighted by molar-refractivity contribution is 5.94. The van der Waals surface area contributed by atoms with Gasteiger partial charge in [0.15, 0.2) is 0 Å². The van der Waals surface area contributed by atoms with Crippen LogP contribution in [-0.2, 0) is 9.59 Å². The molecule has 138 valence electrons. The number of rotatable bonds is 8. The molecule has 26 heavy (non-hydrogen) atoms. The van der Waals surface area contributed by atoms with Gasteiger partial charge in [-0.25, -0.2) is 0 Å². The van der Waals surface area contributed by atoms with Crippen molar-refractivity contribution >= 4 is 23.2 Å². The van der Waals surface area contributed by atoms with Crippen molar-refractivity contribution in [3.8, 4) is 0 Å². The van der Waals surface area contributed by atoms with Gasteiger partial charge in [-0.1, -0.05) is 17.7 Å². The van der Waals surface area contributed by atoms with E-state index in [-0.39, 0.29) is 24.7 Å². The van der Waals surface area contributed by atoms with Gasteiger partial charge < -0.3 is 16.0 Å². The van der Waals surface area contributed by atoms with Crippen LogP contribution in [0.1, 0.15) is 29.5 Å². The van der Waals surface area contributed by atoms with Crippen LogP contribution < -0.4 is 16.0 Å². The Balaban J connectivity index is 1.68. The summed E-state index contributed by atoms with van der Waals surface area (Å²) in [4.78, 5) is 28.0. The molecule has 2 rings (SSSR count). The summed E-state index contributed by atoms with van der Waals surface area (Å²) in [6, 6.07) is 7.82. The minimum Gasteiger partial charge on any atom is -0.382 e. The van der Waals surface area contributed by atoms with Crippen LogP contribution in [0, 0.1) is 20.8 Å². The van der Waals surface area contributed by atoms with Gasteiger partial charge in [-0.15, -0.1) is 0 Å². The molecule has 0 saturated heterocycles. The lowest BCUT2D eigenvalue weighted by Crippen LogP contribution is -2.29. The highest BCUT2D eigenvalue weighted by Crippen LogP contribution is 2.22. The van der Waals surface area contributed by atoms with Crippen LogP contribution in [0.25, 0.3) is 0 Å². The summed E-state index contributed by atoms with van der Waals surface area (Å²) in [6.07, 6.45) is 3.76. The normalized spacial score (nSPS) is 10.3. The molecule has 0 saturated carbocycles. The molecule has 6 nitrogen and oxygen atoms in total. The molecule has 0 radical (unpaired) electrons. The molecule has 0 aliphatic heterocycles. The fourth-order valence-corrected chi connectivity index (χ4v) is 2.77. The number of aromatic nitrogens is 1. The fraction of sp³-hybridized carbons (Fsp3) is 0.350. The van der Waals surface area contributed by atoms with Crippen molar-refractivity contribution < 1.29 is 9.59 Å². The van der Waals surface area contributed by atoms with E-state index in [1.54, 1.807) is 12.4 Å². The first-order chi connectivity index (χ1) is 12.5. The average molecular weight is 354 g/mol. The van der Waals surface area contributed by atoms with E-state index in [4.69, 9.17) is 0 Å². The third-order valence-electron chi connectivity index (χ3n) is 3.96. The zero-order valence-corrected chi connectivity index (χ0v) is 15.6. The minimum atomic E-state index is -0.149. The topological polar surface area (TPSA) is 83.1 Å². The van der Waals surface area contributed by atoms with Gasteiger partial charge in [-0.3, -0.25) is 14.6 Å². The number of aryl methyl sites for hydroxylation is 3. The quantitative estimate of drug-likeness (QED) is 0.637. The summed E-state index contributed by atoms with van der Waals surface area (Å²) in [5.74, 6) is -0.283. The first kappa shape index (κ1) is 19.4. The van der Waals surface area contributed by atoms with Crippen molar-refractivity contribution in [3.63, 3.8) is 0 Å². The summed E-state index contributed by atoms with van der Waals surface area (Å²) in [6.45, 7) is 7.06. The van der Waals surface area contributed by atoms with E-state index in [1.807, 2.05) is 45.0 Å². The van der Waals surface area contributed by atoms with E-state index < -0.39 is 0 Å². The van der Waals surface area contributed by atoms with Gasteiger partial charge in [0.1, 0.15) is 0 Å². The molecule has 1 heterocycles. The summed E-state index contributed by atoms with van der Waals surface area (Å²) in [7, 11) is 0. The molecular formula is C20H26N4O2. The molecule has 0 fully saturated rings. The molecule has 0 aliphatic carbocycles. The average Bonchev–Trinajstić information content (AvgIpc) is 2.61. The third kappa shape index (κ3) is 6.20. The number of nitrogens with one attached hydrogen (secondary N) is 3. The van der Waals surface area contributed by atoms with E-state index in [0.29, 0.717) is 13.1 Å². The zero-order valence-electron chi connectivity index (χ0n) is 15.6. The third-order valence-corrected chi connectivity index (χ3v) is 3.96. The standard InChI is InChI=1S/C20H26N4O2/c1-14-11-15(2)20(16(3)12-14)24-19(26)7-6-18(25)23-10-9-22-17-5-4-8-21-13-17/h4-5,8,11-13,22H,6-7,9-10H2,1-3H3,(H,23,25)(H,24,26). The van der Waals surface area contributed by atoms with Crippen LogP contribution in [0.2, 0.25) is 0 Å². The Kier molecular flexibility index (Phi) is 7.14. The number of benzene rings is 1. The van der Waals surface area contributed by atoms with E-state index in [1.165, 1.54) is 0 Å². The van der Waals surface area contributed by atoms with E-state index in [0.717, 1.165) is 28.1 Å². The Bertz CT molecular complexity index is 737. The first-order valence-corrected chi connectivity index (χ1v) is 8.74. The second-order valence-electron chi connectivity index (χ2n) is 6.34. The lowest BCUT2D eigenvalue weighted by atomic mass is 10.0. The Morgan fingerprint density at radius 1 is 1.00 bits per heavy atom. The van der Waals surface area contributed by atoms with Crippen molar-refractivity contribution in [3.05, 3.63) is 53.3 Å². The van der Waals surface area contributed by atoms with Crippen LogP contribution in [0.3, 0.4) is 0 Å². The van der Waals surface area contributed by atoms with Crippen LogP contribution >= 0.6 is 0 Å². The van der Waals surface area contributed by atoms with Crippen molar-refractivity contribution in [2.24, 2.45) is 0 Å². The number of amides is 2. The van der Waals surface area contributed by atoms with E-state index in [2.05, 4.69) is 20.9 Å². The van der Waals surface area contributed by atoms with Gasteiger partial charge in [-0.2, -0.15) is 0 Å². The highest BCUT2D eigenvalue weighted by atomic mass is 16.2. The summed E-state index contributed by atoms with van der Waals surface area (Å²) >= 11 is 0. The summed E-state index contributed by atoms with van der Waals surface area (Å²) in [5.41, 5.74) is 4.97. The maximum atomic E-state index is 12.1. The summed E-state index contributed by atoms with van der Waals surface area (Å²) < 4.78 is 0. The molecule has 6 heteroatoms. The van der Waals surface area contributed by atoms with Gasteiger partial charge in [0.25, 0.3) is 0 Å². The Morgan fingerprint density at radius 2 is 1.69 bits per heavy atom. The highest BCUT2D eigenvalue weighted by Gasteiger charge is 2.10. The number of hydrogen-bond acceptors (Lipinski definition) is 4. The second kappa shape index (κ2) is 9.56. The van der Waals surface area contributed by atoms with Crippen molar-refractivity contribution in [1.82, 2.24) is 10.3 Å². The molecule has 0 bridgehead atoms. The first-order valence-electron chi connectivity index (χ1n) is 8.74. The van der Waals surface area contributed by atoms with Crippen LogP contribution in [-0.4, -0.2) is 29.9 Å². The largest absolute Gasteiger partial charge is 0.382 e. The van der Waals surface area contributed by atoms with Crippen LogP contribution in [0.5, 0.6) is 0 Å². The molecule has 3 N–H and O–H groups in total. The van der Waals surface area contributed by atoms with Crippen molar-refractivity contribution in [2.75, 3.05) is 23.7 Å². The second-order valence-corrected chi connectivity index (χ2v) is 6.34. The molecule has 0 spiro atoms. The van der Waals surface area contributed by atoms with Gasteiger partial charge >= 0.3 is 0 Å². The number of carbonyl (C=O) groups is 2. The number of carbonyl (C=O) groups excluding carboxylic acids is 2. The van der Waals surface area contributed by atoms with Crippen LogP contribution in [0.4, 0.5) is 11.4 Å². The van der Waals surface area contributed by atoms with Gasteiger partial charge in [-0.05, 0) is 44.0 Å². The Labute approximate surface area is 154 Å². The Hall–Kier alpha value is -2.89. The molecular weight excluding hydrogens is 328 g/mol. The lowest BCUT2D eigenvalue weighted by Gasteiger charge is -2.13. The van der Waals surface area contributed by atoms with Gasteiger partial charge in [0, 0.05) is 44.0 Å². The van der Waals surface area contributed by atoms with Crippen molar-refractivity contribution in [1.29, 1.82) is 0 Å². The molecule has 1 aromatic heterocycles. The van der Waals surface area contributed by atoms with Gasteiger partial charge in [0.05, 0.1) is 5.69 Å². The molecule has 2 aromatic rings. The number of nitrogens with zero attached hydrogens (tertiary/aromatic N) is 1. The van der Waals surface area contributed by atoms with E-state index >= 15 is 0 Å².